The number of ether oxygens (including phenoxy) is 1. The molecule has 0 heterocycles. The number of hydrogen-bond acceptors (Lipinski definition) is 2. The highest BCUT2D eigenvalue weighted by Gasteiger charge is 2.26. The zero-order chi connectivity index (χ0) is 11.3. The lowest BCUT2D eigenvalue weighted by Gasteiger charge is -2.25. The van der Waals surface area contributed by atoms with Gasteiger partial charge in [-0.2, -0.15) is 0 Å². The molecule has 15 heavy (non-hydrogen) atoms. The van der Waals surface area contributed by atoms with Gasteiger partial charge >= 0.3 is 0 Å². The standard InChI is InChI=1S/C13H18O2/c1-4-15-11(2)13(3,14)10-12-8-6-5-7-9-12/h5-9,14H,2,4,10H2,1,3H3. The fraction of sp³-hybridized carbons (Fsp3) is 0.385. The van der Waals surface area contributed by atoms with Crippen LogP contribution in [0.3, 0.4) is 0 Å². The van der Waals surface area contributed by atoms with Crippen molar-refractivity contribution >= 4 is 0 Å². The van der Waals surface area contributed by atoms with Crippen LogP contribution in [0.5, 0.6) is 0 Å². The third-order valence-electron chi connectivity index (χ3n) is 2.31. The van der Waals surface area contributed by atoms with Crippen molar-refractivity contribution < 1.29 is 9.84 Å². The van der Waals surface area contributed by atoms with Gasteiger partial charge in [-0.25, -0.2) is 0 Å². The lowest BCUT2D eigenvalue weighted by Crippen LogP contribution is -2.30. The summed E-state index contributed by atoms with van der Waals surface area (Å²) < 4.78 is 5.23. The average molecular weight is 206 g/mol. The number of hydrogen-bond donors (Lipinski definition) is 1. The summed E-state index contributed by atoms with van der Waals surface area (Å²) in [6.45, 7) is 7.87. The third-order valence-corrected chi connectivity index (χ3v) is 2.31. The van der Waals surface area contributed by atoms with Gasteiger partial charge in [0.05, 0.1) is 6.61 Å². The minimum Gasteiger partial charge on any atom is -0.496 e. The van der Waals surface area contributed by atoms with Crippen molar-refractivity contribution in [1.29, 1.82) is 0 Å². The fourth-order valence-electron chi connectivity index (χ4n) is 1.42. The van der Waals surface area contributed by atoms with Crippen molar-refractivity contribution in [1.82, 2.24) is 0 Å². The van der Waals surface area contributed by atoms with Gasteiger partial charge < -0.3 is 9.84 Å². The van der Waals surface area contributed by atoms with E-state index in [4.69, 9.17) is 4.74 Å². The highest BCUT2D eigenvalue weighted by molar-refractivity contribution is 5.20. The van der Waals surface area contributed by atoms with Crippen LogP contribution < -0.4 is 0 Å². The van der Waals surface area contributed by atoms with Gasteiger partial charge in [0, 0.05) is 6.42 Å². The SMILES string of the molecule is C=C(OCC)C(C)(O)Cc1ccccc1. The Kier molecular flexibility index (Phi) is 3.92. The highest BCUT2D eigenvalue weighted by Crippen LogP contribution is 2.21. The van der Waals surface area contributed by atoms with E-state index in [1.165, 1.54) is 0 Å². The minimum absolute atomic E-state index is 0.425. The molecule has 0 amide bonds. The lowest BCUT2D eigenvalue weighted by atomic mass is 9.95. The van der Waals surface area contributed by atoms with Crippen LogP contribution in [-0.2, 0) is 11.2 Å². The smallest absolute Gasteiger partial charge is 0.122 e. The van der Waals surface area contributed by atoms with Gasteiger partial charge in [0.25, 0.3) is 0 Å². The van der Waals surface area contributed by atoms with E-state index < -0.39 is 5.60 Å². The molecule has 0 aliphatic carbocycles. The fourth-order valence-corrected chi connectivity index (χ4v) is 1.42. The van der Waals surface area contributed by atoms with Gasteiger partial charge in [-0.05, 0) is 19.4 Å². The topological polar surface area (TPSA) is 29.5 Å². The van der Waals surface area contributed by atoms with Crippen LogP contribution in [-0.4, -0.2) is 17.3 Å². The Labute approximate surface area is 91.2 Å². The van der Waals surface area contributed by atoms with E-state index in [1.54, 1.807) is 6.92 Å². The number of benzene rings is 1. The quantitative estimate of drug-likeness (QED) is 0.750. The van der Waals surface area contributed by atoms with Crippen molar-refractivity contribution in [3.63, 3.8) is 0 Å². The Bertz CT molecular complexity index is 315. The first kappa shape index (κ1) is 11.8. The summed E-state index contributed by atoms with van der Waals surface area (Å²) in [4.78, 5) is 0. The minimum atomic E-state index is -1.00. The molecule has 0 aliphatic heterocycles. The molecule has 0 bridgehead atoms. The maximum atomic E-state index is 10.1. The summed E-state index contributed by atoms with van der Waals surface area (Å²) >= 11 is 0. The van der Waals surface area contributed by atoms with Crippen LogP contribution in [0.2, 0.25) is 0 Å². The van der Waals surface area contributed by atoms with Crippen LogP contribution in [0.25, 0.3) is 0 Å². The lowest BCUT2D eigenvalue weighted by molar-refractivity contribution is 0.0289. The first-order chi connectivity index (χ1) is 7.06. The van der Waals surface area contributed by atoms with E-state index >= 15 is 0 Å². The Balaban J connectivity index is 2.68. The molecular weight excluding hydrogens is 188 g/mol. The van der Waals surface area contributed by atoms with Gasteiger partial charge in [-0.1, -0.05) is 36.9 Å². The molecule has 1 aromatic carbocycles. The van der Waals surface area contributed by atoms with Crippen molar-refractivity contribution in [3.8, 4) is 0 Å². The van der Waals surface area contributed by atoms with E-state index in [0.717, 1.165) is 5.56 Å². The Hall–Kier alpha value is -1.28. The van der Waals surface area contributed by atoms with Crippen molar-refractivity contribution in [2.24, 2.45) is 0 Å². The molecule has 2 heteroatoms. The largest absolute Gasteiger partial charge is 0.496 e. The zero-order valence-corrected chi connectivity index (χ0v) is 9.36. The summed E-state index contributed by atoms with van der Waals surface area (Å²) in [6, 6.07) is 9.82. The molecule has 0 spiro atoms. The molecule has 1 rings (SSSR count). The number of rotatable bonds is 5. The molecule has 0 saturated carbocycles. The van der Waals surface area contributed by atoms with E-state index in [0.29, 0.717) is 18.8 Å². The average Bonchev–Trinajstić information content (AvgIpc) is 2.19. The van der Waals surface area contributed by atoms with Crippen LogP contribution in [0.15, 0.2) is 42.7 Å². The molecule has 0 aliphatic rings. The zero-order valence-electron chi connectivity index (χ0n) is 9.36. The van der Waals surface area contributed by atoms with Gasteiger partial charge in [-0.15, -0.1) is 0 Å². The Morgan fingerprint density at radius 2 is 2.00 bits per heavy atom. The van der Waals surface area contributed by atoms with Gasteiger partial charge in [-0.3, -0.25) is 0 Å². The Morgan fingerprint density at radius 1 is 1.40 bits per heavy atom. The maximum Gasteiger partial charge on any atom is 0.122 e. The monoisotopic (exact) mass is 206 g/mol. The first-order valence-electron chi connectivity index (χ1n) is 5.14. The summed E-state index contributed by atoms with van der Waals surface area (Å²) in [7, 11) is 0. The molecule has 1 atom stereocenters. The second-order valence-corrected chi connectivity index (χ2v) is 3.79. The van der Waals surface area contributed by atoms with E-state index in [-0.39, 0.29) is 0 Å². The third kappa shape index (κ3) is 3.40. The Morgan fingerprint density at radius 3 is 2.53 bits per heavy atom. The van der Waals surface area contributed by atoms with Gasteiger partial charge in [0.1, 0.15) is 11.4 Å². The molecule has 2 nitrogen and oxygen atoms in total. The normalized spacial score (nSPS) is 14.3. The highest BCUT2D eigenvalue weighted by atomic mass is 16.5. The molecule has 1 aromatic rings. The summed E-state index contributed by atoms with van der Waals surface area (Å²) in [5, 5.41) is 10.1. The summed E-state index contributed by atoms with van der Waals surface area (Å²) in [5.74, 6) is 0.425. The van der Waals surface area contributed by atoms with Gasteiger partial charge in [0.2, 0.25) is 0 Å². The molecule has 0 radical (unpaired) electrons. The second-order valence-electron chi connectivity index (χ2n) is 3.79. The molecule has 0 fully saturated rings. The molecule has 82 valence electrons. The van der Waals surface area contributed by atoms with Crippen molar-refractivity contribution in [2.45, 2.75) is 25.9 Å². The van der Waals surface area contributed by atoms with Crippen molar-refractivity contribution in [3.05, 3.63) is 48.2 Å². The second kappa shape index (κ2) is 4.99. The summed E-state index contributed by atoms with van der Waals surface area (Å²) in [5.41, 5.74) is 0.0699. The van der Waals surface area contributed by atoms with Crippen molar-refractivity contribution in [2.75, 3.05) is 6.61 Å². The van der Waals surface area contributed by atoms with Crippen LogP contribution in [0, 0.1) is 0 Å². The van der Waals surface area contributed by atoms with Gasteiger partial charge in [0.15, 0.2) is 0 Å². The molecular formula is C13H18O2. The summed E-state index contributed by atoms with van der Waals surface area (Å²) in [6.07, 6.45) is 0.521. The molecule has 1 N–H and O–H groups in total. The maximum absolute atomic E-state index is 10.1. The van der Waals surface area contributed by atoms with Crippen LogP contribution >= 0.6 is 0 Å². The predicted octanol–water partition coefficient (Wildman–Crippen LogP) is 2.53. The molecule has 0 saturated heterocycles. The predicted molar refractivity (Wildman–Crippen MR) is 61.5 cm³/mol. The number of aliphatic hydroxyl groups is 1. The van der Waals surface area contributed by atoms with Crippen LogP contribution in [0.1, 0.15) is 19.4 Å². The van der Waals surface area contributed by atoms with E-state index in [2.05, 4.69) is 6.58 Å². The van der Waals surface area contributed by atoms with Crippen LogP contribution in [0.4, 0.5) is 0 Å². The molecule has 1 unspecified atom stereocenters. The first-order valence-corrected chi connectivity index (χ1v) is 5.14. The molecule has 0 aromatic heterocycles. The van der Waals surface area contributed by atoms with E-state index in [9.17, 15) is 5.11 Å². The van der Waals surface area contributed by atoms with E-state index in [1.807, 2.05) is 37.3 Å².